The molecule has 2 aromatic heterocycles. The Balaban J connectivity index is 1.55. The van der Waals surface area contributed by atoms with E-state index in [0.717, 1.165) is 24.9 Å². The lowest BCUT2D eigenvalue weighted by Crippen LogP contribution is -2.23. The number of phenolic OH excluding ortho intramolecular Hbond substituents is 1. The lowest BCUT2D eigenvalue weighted by Gasteiger charge is -2.22. The van der Waals surface area contributed by atoms with Crippen LogP contribution in [0.15, 0.2) is 35.2 Å². The number of nitrogen functional groups attached to an aromatic ring is 1. The first-order valence-electron chi connectivity index (χ1n) is 8.65. The zero-order valence-corrected chi connectivity index (χ0v) is 14.9. The van der Waals surface area contributed by atoms with Crippen LogP contribution in [0, 0.1) is 0 Å². The van der Waals surface area contributed by atoms with Crippen molar-refractivity contribution in [2.24, 2.45) is 0 Å². The van der Waals surface area contributed by atoms with Crippen LogP contribution in [-0.4, -0.2) is 43.8 Å². The van der Waals surface area contributed by atoms with Gasteiger partial charge in [-0.15, -0.1) is 0 Å². The van der Waals surface area contributed by atoms with Gasteiger partial charge in [0.05, 0.1) is 18.7 Å². The van der Waals surface area contributed by atoms with Gasteiger partial charge in [-0.1, -0.05) is 11.2 Å². The lowest BCUT2D eigenvalue weighted by atomic mass is 10.1. The maximum Gasteiger partial charge on any atom is 0.244 e. The molecule has 27 heavy (non-hydrogen) atoms. The number of nitrogens with zero attached hydrogens (tertiary/aromatic N) is 5. The molecule has 0 aliphatic carbocycles. The van der Waals surface area contributed by atoms with Gasteiger partial charge in [-0.2, -0.15) is 4.98 Å². The predicted molar refractivity (Wildman–Crippen MR) is 96.8 cm³/mol. The van der Waals surface area contributed by atoms with Gasteiger partial charge in [0, 0.05) is 24.4 Å². The van der Waals surface area contributed by atoms with E-state index in [9.17, 15) is 5.11 Å². The second kappa shape index (κ2) is 7.20. The summed E-state index contributed by atoms with van der Waals surface area (Å²) >= 11 is 0. The van der Waals surface area contributed by atoms with E-state index in [-0.39, 0.29) is 11.8 Å². The highest BCUT2D eigenvalue weighted by atomic mass is 16.5. The maximum absolute atomic E-state index is 10.2. The van der Waals surface area contributed by atoms with E-state index in [0.29, 0.717) is 35.4 Å². The van der Waals surface area contributed by atoms with Crippen LogP contribution in [-0.2, 0) is 6.54 Å². The number of aromatic nitrogens is 4. The molecule has 4 rings (SSSR count). The fraction of sp³-hybridized carbons (Fsp3) is 0.333. The van der Waals surface area contributed by atoms with Gasteiger partial charge in [0.2, 0.25) is 11.7 Å². The molecule has 3 N–H and O–H groups in total. The Kier molecular flexibility index (Phi) is 4.59. The van der Waals surface area contributed by atoms with Crippen LogP contribution < -0.4 is 10.5 Å². The number of methoxy groups -OCH3 is 1. The molecule has 1 fully saturated rings. The van der Waals surface area contributed by atoms with E-state index in [4.69, 9.17) is 15.0 Å². The molecule has 9 heteroatoms. The van der Waals surface area contributed by atoms with Crippen molar-refractivity contribution in [2.45, 2.75) is 25.4 Å². The highest BCUT2D eigenvalue weighted by Gasteiger charge is 2.31. The van der Waals surface area contributed by atoms with Crippen LogP contribution in [0.1, 0.15) is 30.3 Å². The molecule has 1 saturated heterocycles. The largest absolute Gasteiger partial charge is 0.507 e. The van der Waals surface area contributed by atoms with Gasteiger partial charge in [-0.05, 0) is 25.5 Å². The monoisotopic (exact) mass is 368 g/mol. The van der Waals surface area contributed by atoms with Crippen LogP contribution in [0.4, 0.5) is 5.82 Å². The van der Waals surface area contributed by atoms with Crippen LogP contribution in [0.3, 0.4) is 0 Å². The number of rotatable bonds is 5. The Morgan fingerprint density at radius 1 is 1.41 bits per heavy atom. The summed E-state index contributed by atoms with van der Waals surface area (Å²) < 4.78 is 10.6. The summed E-state index contributed by atoms with van der Waals surface area (Å²) in [5, 5.41) is 14.3. The summed E-state index contributed by atoms with van der Waals surface area (Å²) in [7, 11) is 1.57. The SMILES string of the molecule is COc1ccc(CN2CCCC2c2nc(-c3cncnc3N)no2)c(O)c1. The fourth-order valence-corrected chi connectivity index (χ4v) is 3.31. The van der Waals surface area contributed by atoms with Gasteiger partial charge >= 0.3 is 0 Å². The Morgan fingerprint density at radius 3 is 3.07 bits per heavy atom. The fourth-order valence-electron chi connectivity index (χ4n) is 3.31. The van der Waals surface area contributed by atoms with E-state index < -0.39 is 0 Å². The second-order valence-electron chi connectivity index (χ2n) is 6.40. The quantitative estimate of drug-likeness (QED) is 0.697. The highest BCUT2D eigenvalue weighted by Crippen LogP contribution is 2.35. The average Bonchev–Trinajstić information content (AvgIpc) is 3.33. The molecular weight excluding hydrogens is 348 g/mol. The minimum absolute atomic E-state index is 0.0152. The normalized spacial score (nSPS) is 17.3. The van der Waals surface area contributed by atoms with Crippen molar-refractivity contribution in [1.82, 2.24) is 25.0 Å². The zero-order valence-electron chi connectivity index (χ0n) is 14.9. The summed E-state index contributed by atoms with van der Waals surface area (Å²) in [4.78, 5) is 14.6. The molecule has 1 unspecified atom stereocenters. The van der Waals surface area contributed by atoms with Crippen LogP contribution in [0.25, 0.3) is 11.4 Å². The first-order valence-corrected chi connectivity index (χ1v) is 8.65. The Bertz CT molecular complexity index is 944. The lowest BCUT2D eigenvalue weighted by molar-refractivity contribution is 0.199. The van der Waals surface area contributed by atoms with Crippen molar-refractivity contribution in [3.63, 3.8) is 0 Å². The Labute approximate surface area is 155 Å². The van der Waals surface area contributed by atoms with Crippen molar-refractivity contribution in [3.05, 3.63) is 42.2 Å². The van der Waals surface area contributed by atoms with Gasteiger partial charge in [0.1, 0.15) is 23.6 Å². The van der Waals surface area contributed by atoms with E-state index >= 15 is 0 Å². The van der Waals surface area contributed by atoms with Crippen LogP contribution in [0.2, 0.25) is 0 Å². The molecule has 1 aliphatic heterocycles. The van der Waals surface area contributed by atoms with E-state index in [1.807, 2.05) is 12.1 Å². The van der Waals surface area contributed by atoms with Gasteiger partial charge in [0.25, 0.3) is 0 Å². The number of hydrogen-bond donors (Lipinski definition) is 2. The van der Waals surface area contributed by atoms with Crippen molar-refractivity contribution in [3.8, 4) is 22.9 Å². The molecule has 0 radical (unpaired) electrons. The summed E-state index contributed by atoms with van der Waals surface area (Å²) in [6, 6.07) is 5.30. The van der Waals surface area contributed by atoms with Crippen molar-refractivity contribution in [2.75, 3.05) is 19.4 Å². The molecule has 0 saturated carbocycles. The zero-order chi connectivity index (χ0) is 18.8. The summed E-state index contributed by atoms with van der Waals surface area (Å²) in [6.45, 7) is 1.46. The standard InChI is InChI=1S/C18H20N6O3/c1-26-12-5-4-11(15(25)7-12)9-24-6-2-3-14(24)18-22-17(23-27-18)13-8-20-10-21-16(13)19/h4-5,7-8,10,14,25H,2-3,6,9H2,1H3,(H2,19,20,21). The molecule has 0 amide bonds. The minimum Gasteiger partial charge on any atom is -0.507 e. The molecule has 1 aliphatic rings. The molecular formula is C18H20N6O3. The van der Waals surface area contributed by atoms with Gasteiger partial charge in [-0.25, -0.2) is 9.97 Å². The number of anilines is 1. The molecule has 9 nitrogen and oxygen atoms in total. The number of ether oxygens (including phenoxy) is 1. The predicted octanol–water partition coefficient (Wildman–Crippen LogP) is 2.16. The molecule has 3 heterocycles. The summed E-state index contributed by atoms with van der Waals surface area (Å²) in [6.07, 6.45) is 4.86. The third kappa shape index (κ3) is 3.41. The van der Waals surface area contributed by atoms with E-state index in [1.165, 1.54) is 6.33 Å². The minimum atomic E-state index is -0.0152. The number of nitrogens with two attached hydrogens (primary N) is 1. The van der Waals surface area contributed by atoms with E-state index in [1.54, 1.807) is 19.4 Å². The topological polar surface area (TPSA) is 123 Å². The number of aromatic hydroxyl groups is 1. The molecule has 1 atom stereocenters. The van der Waals surface area contributed by atoms with Crippen LogP contribution >= 0.6 is 0 Å². The Morgan fingerprint density at radius 2 is 2.30 bits per heavy atom. The average molecular weight is 368 g/mol. The van der Waals surface area contributed by atoms with Gasteiger partial charge in [0.15, 0.2) is 0 Å². The number of phenols is 1. The number of hydrogen-bond acceptors (Lipinski definition) is 9. The summed E-state index contributed by atoms with van der Waals surface area (Å²) in [5.74, 6) is 2.05. The third-order valence-corrected chi connectivity index (χ3v) is 4.74. The van der Waals surface area contributed by atoms with Gasteiger partial charge in [-0.3, -0.25) is 4.90 Å². The number of likely N-dealkylation sites (tertiary alicyclic amines) is 1. The maximum atomic E-state index is 10.2. The third-order valence-electron chi connectivity index (χ3n) is 4.74. The molecule has 0 bridgehead atoms. The van der Waals surface area contributed by atoms with Crippen LogP contribution in [0.5, 0.6) is 11.5 Å². The number of benzene rings is 1. The van der Waals surface area contributed by atoms with E-state index in [2.05, 4.69) is 25.0 Å². The second-order valence-corrected chi connectivity index (χ2v) is 6.40. The first kappa shape index (κ1) is 17.2. The van der Waals surface area contributed by atoms with Crippen molar-refractivity contribution < 1.29 is 14.4 Å². The molecule has 140 valence electrons. The molecule has 0 spiro atoms. The van der Waals surface area contributed by atoms with Crippen molar-refractivity contribution >= 4 is 5.82 Å². The highest BCUT2D eigenvalue weighted by molar-refractivity contribution is 5.66. The summed E-state index contributed by atoms with van der Waals surface area (Å²) in [5.41, 5.74) is 7.23. The molecule has 1 aromatic carbocycles. The van der Waals surface area contributed by atoms with Gasteiger partial charge < -0.3 is 20.1 Å². The smallest absolute Gasteiger partial charge is 0.244 e. The molecule has 3 aromatic rings. The first-order chi connectivity index (χ1) is 13.2. The van der Waals surface area contributed by atoms with Crippen molar-refractivity contribution in [1.29, 1.82) is 0 Å². The Hall–Kier alpha value is -3.20.